The van der Waals surface area contributed by atoms with Gasteiger partial charge >= 0.3 is 0 Å². The Morgan fingerprint density at radius 1 is 1.45 bits per heavy atom. The van der Waals surface area contributed by atoms with Gasteiger partial charge in [-0.3, -0.25) is 14.5 Å². The van der Waals surface area contributed by atoms with E-state index in [4.69, 9.17) is 6.42 Å². The van der Waals surface area contributed by atoms with Crippen LogP contribution in [0.5, 0.6) is 0 Å². The van der Waals surface area contributed by atoms with Crippen LogP contribution in [0.3, 0.4) is 0 Å². The number of terminal acetylenes is 1. The molecule has 2 aromatic rings. The molecule has 2 aliphatic heterocycles. The number of carbonyl (C=O) groups excluding carboxylic acids is 1. The van der Waals surface area contributed by atoms with Crippen molar-refractivity contribution in [2.75, 3.05) is 13.1 Å². The van der Waals surface area contributed by atoms with Crippen LogP contribution in [-0.4, -0.2) is 38.7 Å². The number of nitrogens with one attached hydrogen (secondary N) is 1. The van der Waals surface area contributed by atoms with Gasteiger partial charge in [-0.25, -0.2) is 0 Å². The first-order chi connectivity index (χ1) is 15.0. The van der Waals surface area contributed by atoms with Gasteiger partial charge in [0.2, 0.25) is 5.91 Å². The SMILES string of the molecule is C#C/C=C\c1cc(-c2cnn(C)c2)ncc1CC1C#CCNC2=C1CN(C(C)=O)C=C2. The van der Waals surface area contributed by atoms with E-state index in [0.29, 0.717) is 19.5 Å². The minimum Gasteiger partial charge on any atom is -0.374 e. The summed E-state index contributed by atoms with van der Waals surface area (Å²) in [5.41, 5.74) is 5.98. The first-order valence-electron chi connectivity index (χ1n) is 10.1. The van der Waals surface area contributed by atoms with Crippen molar-refractivity contribution in [2.24, 2.45) is 13.0 Å². The summed E-state index contributed by atoms with van der Waals surface area (Å²) in [5, 5.41) is 7.59. The lowest BCUT2D eigenvalue weighted by atomic mass is 9.88. The summed E-state index contributed by atoms with van der Waals surface area (Å²) in [6.07, 6.45) is 19.1. The minimum absolute atomic E-state index is 0.0129. The summed E-state index contributed by atoms with van der Waals surface area (Å²) in [6, 6.07) is 2.03. The summed E-state index contributed by atoms with van der Waals surface area (Å²) < 4.78 is 1.75. The maximum absolute atomic E-state index is 11.9. The highest BCUT2D eigenvalue weighted by molar-refractivity contribution is 5.75. The molecule has 2 aromatic heterocycles. The van der Waals surface area contributed by atoms with Gasteiger partial charge in [0.05, 0.1) is 18.4 Å². The molecule has 2 aliphatic rings. The second-order valence-corrected chi connectivity index (χ2v) is 7.50. The van der Waals surface area contributed by atoms with Crippen LogP contribution in [-0.2, 0) is 18.3 Å². The predicted molar refractivity (Wildman–Crippen MR) is 121 cm³/mol. The Morgan fingerprint density at radius 3 is 3.06 bits per heavy atom. The average Bonchev–Trinajstić information content (AvgIpc) is 3.10. The van der Waals surface area contributed by atoms with Crippen molar-refractivity contribution in [1.29, 1.82) is 0 Å². The maximum Gasteiger partial charge on any atom is 0.223 e. The monoisotopic (exact) mass is 409 g/mol. The van der Waals surface area contributed by atoms with Gasteiger partial charge in [-0.15, -0.1) is 6.42 Å². The normalized spacial score (nSPS) is 17.5. The Balaban J connectivity index is 1.69. The lowest BCUT2D eigenvalue weighted by Gasteiger charge is -2.28. The van der Waals surface area contributed by atoms with Crippen molar-refractivity contribution in [2.45, 2.75) is 13.3 Å². The van der Waals surface area contributed by atoms with Gasteiger partial charge in [0.15, 0.2) is 0 Å². The summed E-state index contributed by atoms with van der Waals surface area (Å²) in [5.74, 6) is 9.12. The number of rotatable bonds is 4. The molecule has 4 heterocycles. The molecular weight excluding hydrogens is 386 g/mol. The van der Waals surface area contributed by atoms with E-state index in [0.717, 1.165) is 33.7 Å². The number of hydrogen-bond donors (Lipinski definition) is 1. The van der Waals surface area contributed by atoms with Gasteiger partial charge in [-0.05, 0) is 47.4 Å². The molecule has 0 saturated heterocycles. The first-order valence-corrected chi connectivity index (χ1v) is 10.1. The largest absolute Gasteiger partial charge is 0.374 e. The van der Waals surface area contributed by atoms with Crippen molar-refractivity contribution in [3.63, 3.8) is 0 Å². The number of aryl methyl sites for hydroxylation is 1. The van der Waals surface area contributed by atoms with Gasteiger partial charge in [0.1, 0.15) is 0 Å². The second-order valence-electron chi connectivity index (χ2n) is 7.50. The average molecular weight is 409 g/mol. The standard InChI is InChI=1S/C25H23N5O/c1-4-5-7-19-13-25(22-15-28-29(3)16-22)27-14-21(19)12-20-8-6-10-26-24-9-11-30(18(2)31)17-23(20)24/h1,5,7,9,11,13-16,20,26H,10,12,17H2,2-3H3/b7-5-. The quantitative estimate of drug-likeness (QED) is 0.789. The number of nitrogens with zero attached hydrogens (tertiary/aromatic N) is 4. The Bertz CT molecular complexity index is 1210. The molecule has 1 atom stereocenters. The lowest BCUT2D eigenvalue weighted by Crippen LogP contribution is -2.32. The highest BCUT2D eigenvalue weighted by atomic mass is 16.2. The van der Waals surface area contributed by atoms with E-state index in [-0.39, 0.29) is 11.8 Å². The fourth-order valence-corrected chi connectivity index (χ4v) is 3.75. The van der Waals surface area contributed by atoms with E-state index in [1.54, 1.807) is 28.8 Å². The zero-order valence-corrected chi connectivity index (χ0v) is 17.6. The molecule has 0 aromatic carbocycles. The van der Waals surface area contributed by atoms with E-state index >= 15 is 0 Å². The lowest BCUT2D eigenvalue weighted by molar-refractivity contribution is -0.126. The van der Waals surface area contributed by atoms with Gasteiger partial charge in [-0.1, -0.05) is 17.8 Å². The van der Waals surface area contributed by atoms with E-state index in [1.165, 1.54) is 0 Å². The number of hydrogen-bond acceptors (Lipinski definition) is 4. The molecule has 6 nitrogen and oxygen atoms in total. The molecule has 1 N–H and O–H groups in total. The number of carbonyl (C=O) groups is 1. The third kappa shape index (κ3) is 4.44. The molecule has 0 aliphatic carbocycles. The van der Waals surface area contributed by atoms with Crippen molar-refractivity contribution < 1.29 is 4.79 Å². The van der Waals surface area contributed by atoms with Crippen LogP contribution in [0.1, 0.15) is 18.1 Å². The molecule has 0 bridgehead atoms. The molecule has 6 heteroatoms. The van der Waals surface area contributed by atoms with Gasteiger partial charge in [0.25, 0.3) is 0 Å². The van der Waals surface area contributed by atoms with Crippen LogP contribution >= 0.6 is 0 Å². The molecule has 0 spiro atoms. The summed E-state index contributed by atoms with van der Waals surface area (Å²) in [6.45, 7) is 2.69. The molecular formula is C25H23N5O. The van der Waals surface area contributed by atoms with Crippen LogP contribution in [0.15, 0.2) is 54.3 Å². The van der Waals surface area contributed by atoms with Crippen LogP contribution < -0.4 is 5.32 Å². The Hall–Kier alpha value is -4.03. The zero-order valence-electron chi connectivity index (χ0n) is 17.6. The van der Waals surface area contributed by atoms with E-state index in [2.05, 4.69) is 33.2 Å². The fourth-order valence-electron chi connectivity index (χ4n) is 3.75. The third-order valence-electron chi connectivity index (χ3n) is 5.38. The molecule has 1 unspecified atom stereocenters. The molecule has 154 valence electrons. The maximum atomic E-state index is 11.9. The van der Waals surface area contributed by atoms with Crippen molar-refractivity contribution in [3.8, 4) is 35.4 Å². The molecule has 0 fully saturated rings. The van der Waals surface area contributed by atoms with Crippen LogP contribution in [0.25, 0.3) is 17.3 Å². The van der Waals surface area contributed by atoms with E-state index in [9.17, 15) is 4.79 Å². The van der Waals surface area contributed by atoms with Gasteiger partial charge in [-0.2, -0.15) is 5.10 Å². The summed E-state index contributed by atoms with van der Waals surface area (Å²) in [7, 11) is 1.88. The third-order valence-corrected chi connectivity index (χ3v) is 5.38. The number of allylic oxidation sites excluding steroid dienone is 2. The number of aromatic nitrogens is 3. The molecule has 31 heavy (non-hydrogen) atoms. The topological polar surface area (TPSA) is 63.1 Å². The summed E-state index contributed by atoms with van der Waals surface area (Å²) in [4.78, 5) is 18.3. The number of pyridine rings is 1. The molecule has 4 rings (SSSR count). The number of amides is 1. The smallest absolute Gasteiger partial charge is 0.223 e. The van der Waals surface area contributed by atoms with Crippen LogP contribution in [0.4, 0.5) is 0 Å². The molecule has 0 saturated carbocycles. The highest BCUT2D eigenvalue weighted by Gasteiger charge is 2.25. The van der Waals surface area contributed by atoms with E-state index in [1.807, 2.05) is 43.9 Å². The predicted octanol–water partition coefficient (Wildman–Crippen LogP) is 2.52. The summed E-state index contributed by atoms with van der Waals surface area (Å²) >= 11 is 0. The van der Waals surface area contributed by atoms with Crippen LogP contribution in [0, 0.1) is 30.1 Å². The Morgan fingerprint density at radius 2 is 2.32 bits per heavy atom. The van der Waals surface area contributed by atoms with Gasteiger partial charge < -0.3 is 10.2 Å². The zero-order chi connectivity index (χ0) is 21.8. The molecule has 0 radical (unpaired) electrons. The van der Waals surface area contributed by atoms with Crippen molar-refractivity contribution in [1.82, 2.24) is 25.0 Å². The first kappa shape index (κ1) is 20.3. The Labute approximate surface area is 182 Å². The molecule has 1 amide bonds. The van der Waals surface area contributed by atoms with Crippen molar-refractivity contribution in [3.05, 3.63) is 65.4 Å². The van der Waals surface area contributed by atoms with E-state index < -0.39 is 0 Å². The fraction of sp³-hybridized carbons (Fsp3) is 0.240. The second kappa shape index (κ2) is 8.77. The Kier molecular flexibility index (Phi) is 5.73. The highest BCUT2D eigenvalue weighted by Crippen LogP contribution is 2.28. The van der Waals surface area contributed by atoms with Crippen LogP contribution in [0.2, 0.25) is 0 Å². The van der Waals surface area contributed by atoms with Crippen molar-refractivity contribution >= 4 is 12.0 Å². The van der Waals surface area contributed by atoms with Gasteiger partial charge in [0, 0.05) is 56.3 Å². The minimum atomic E-state index is -0.0270.